The van der Waals surface area contributed by atoms with Gasteiger partial charge in [0.15, 0.2) is 5.43 Å². The number of benzene rings is 1. The van der Waals surface area contributed by atoms with Crippen LogP contribution in [-0.2, 0) is 11.3 Å². The summed E-state index contributed by atoms with van der Waals surface area (Å²) in [5, 5.41) is 0.562. The molecule has 0 bridgehead atoms. The average Bonchev–Trinajstić information content (AvgIpc) is 2.69. The van der Waals surface area contributed by atoms with Crippen LogP contribution in [0.15, 0.2) is 23.0 Å². The molecule has 0 amide bonds. The summed E-state index contributed by atoms with van der Waals surface area (Å²) in [6.07, 6.45) is 5.55. The van der Waals surface area contributed by atoms with E-state index in [4.69, 9.17) is 4.74 Å². The number of piperidine rings is 1. The van der Waals surface area contributed by atoms with E-state index in [-0.39, 0.29) is 11.4 Å². The van der Waals surface area contributed by atoms with E-state index in [1.165, 1.54) is 19.3 Å². The summed E-state index contributed by atoms with van der Waals surface area (Å²) in [5.74, 6) is -0.373. The van der Waals surface area contributed by atoms with Crippen LogP contribution < -0.4 is 5.43 Å². The zero-order valence-corrected chi connectivity index (χ0v) is 16.6. The molecule has 2 aromatic rings. The molecular formula is C22H30N2O3. The zero-order chi connectivity index (χ0) is 19.4. The molecule has 1 aromatic carbocycles. The Morgan fingerprint density at radius 3 is 2.85 bits per heavy atom. The van der Waals surface area contributed by atoms with Crippen molar-refractivity contribution in [3.63, 3.8) is 0 Å². The Kier molecular flexibility index (Phi) is 6.32. The lowest BCUT2D eigenvalue weighted by Gasteiger charge is -2.35. The van der Waals surface area contributed by atoms with Gasteiger partial charge in [-0.2, -0.15) is 0 Å². The second-order valence-electron chi connectivity index (χ2n) is 7.48. The van der Waals surface area contributed by atoms with E-state index in [9.17, 15) is 9.59 Å². The Hall–Kier alpha value is -2.14. The van der Waals surface area contributed by atoms with Crippen LogP contribution in [-0.4, -0.2) is 35.0 Å². The molecule has 0 saturated carbocycles. The number of hydrogen-bond donors (Lipinski definition) is 1. The molecule has 1 saturated heterocycles. The molecule has 0 spiro atoms. The first-order valence-corrected chi connectivity index (χ1v) is 10.1. The van der Waals surface area contributed by atoms with E-state index in [0.717, 1.165) is 36.2 Å². The van der Waals surface area contributed by atoms with E-state index in [2.05, 4.69) is 16.8 Å². The number of esters is 1. The summed E-state index contributed by atoms with van der Waals surface area (Å²) >= 11 is 0. The quantitative estimate of drug-likeness (QED) is 0.775. The molecule has 1 atom stereocenters. The minimum atomic E-state index is -0.373. The van der Waals surface area contributed by atoms with Crippen molar-refractivity contribution in [3.8, 4) is 0 Å². The highest BCUT2D eigenvalue weighted by atomic mass is 16.5. The first-order chi connectivity index (χ1) is 13.0. The number of rotatable bonds is 6. The van der Waals surface area contributed by atoms with Gasteiger partial charge in [-0.05, 0) is 57.4 Å². The van der Waals surface area contributed by atoms with Crippen LogP contribution in [0.3, 0.4) is 0 Å². The van der Waals surface area contributed by atoms with Crippen LogP contribution in [0, 0.1) is 6.92 Å². The van der Waals surface area contributed by atoms with Gasteiger partial charge >= 0.3 is 5.97 Å². The lowest BCUT2D eigenvalue weighted by molar-refractivity contribution is 0.0505. The van der Waals surface area contributed by atoms with Gasteiger partial charge in [-0.3, -0.25) is 9.69 Å². The Morgan fingerprint density at radius 2 is 2.11 bits per heavy atom. The van der Waals surface area contributed by atoms with E-state index >= 15 is 0 Å². The summed E-state index contributed by atoms with van der Waals surface area (Å²) < 4.78 is 5.21. The predicted octanol–water partition coefficient (Wildman–Crippen LogP) is 4.17. The number of carbonyl (C=O) groups excluding carboxylic acids is 1. The molecule has 0 radical (unpaired) electrons. The first kappa shape index (κ1) is 19.6. The molecule has 1 aromatic heterocycles. The van der Waals surface area contributed by atoms with Gasteiger partial charge in [0, 0.05) is 34.7 Å². The summed E-state index contributed by atoms with van der Waals surface area (Å²) in [5.41, 5.74) is 2.93. The zero-order valence-electron chi connectivity index (χ0n) is 16.6. The largest absolute Gasteiger partial charge is 0.462 e. The third kappa shape index (κ3) is 4.24. The molecule has 1 N–H and O–H groups in total. The number of pyridine rings is 1. The van der Waals surface area contributed by atoms with E-state index in [0.29, 0.717) is 30.1 Å². The topological polar surface area (TPSA) is 62.4 Å². The monoisotopic (exact) mass is 370 g/mol. The minimum absolute atomic E-state index is 0.0202. The fourth-order valence-electron chi connectivity index (χ4n) is 3.98. The maximum Gasteiger partial charge on any atom is 0.338 e. The number of H-pyrrole nitrogens is 1. The second kappa shape index (κ2) is 8.70. The highest BCUT2D eigenvalue weighted by Crippen LogP contribution is 2.22. The summed E-state index contributed by atoms with van der Waals surface area (Å²) in [6, 6.07) is 5.73. The predicted molar refractivity (Wildman–Crippen MR) is 108 cm³/mol. The van der Waals surface area contributed by atoms with Gasteiger partial charge in [0.25, 0.3) is 0 Å². The van der Waals surface area contributed by atoms with Crippen molar-refractivity contribution in [1.82, 2.24) is 9.88 Å². The smallest absolute Gasteiger partial charge is 0.338 e. The van der Waals surface area contributed by atoms with Crippen molar-refractivity contribution in [2.75, 3.05) is 13.2 Å². The number of nitrogens with zero attached hydrogens (tertiary/aromatic N) is 1. The Balaban J connectivity index is 1.95. The van der Waals surface area contributed by atoms with Gasteiger partial charge in [-0.15, -0.1) is 0 Å². The van der Waals surface area contributed by atoms with Crippen LogP contribution in [0.1, 0.15) is 67.6 Å². The molecule has 1 aliphatic rings. The fraction of sp³-hybridized carbons (Fsp3) is 0.545. The van der Waals surface area contributed by atoms with Crippen molar-refractivity contribution in [2.24, 2.45) is 0 Å². The first-order valence-electron chi connectivity index (χ1n) is 10.1. The second-order valence-corrected chi connectivity index (χ2v) is 7.48. The van der Waals surface area contributed by atoms with Gasteiger partial charge < -0.3 is 9.72 Å². The number of likely N-dealkylation sites (tertiary alicyclic amines) is 1. The lowest BCUT2D eigenvalue weighted by Crippen LogP contribution is -2.39. The molecule has 3 rings (SSSR count). The number of aromatic nitrogens is 1. The van der Waals surface area contributed by atoms with Gasteiger partial charge in [0.05, 0.1) is 12.2 Å². The number of nitrogens with one attached hydrogen (secondary N) is 1. The Morgan fingerprint density at radius 1 is 1.30 bits per heavy atom. The molecule has 2 heterocycles. The minimum Gasteiger partial charge on any atom is -0.462 e. The van der Waals surface area contributed by atoms with E-state index < -0.39 is 0 Å². The number of aromatic amines is 1. The normalized spacial score (nSPS) is 18.0. The molecule has 5 nitrogen and oxygen atoms in total. The summed E-state index contributed by atoms with van der Waals surface area (Å²) in [4.78, 5) is 31.2. The standard InChI is InChI=1S/C22H30N2O3/c1-4-12-27-22(26)16-9-10-20-18(13-16)21(25)19(15(3)23-20)14-24-11-7-6-8-17(24)5-2/h9-10,13,17H,4-8,11-12,14H2,1-3H3,(H,23,25). The SMILES string of the molecule is CCCOC(=O)c1ccc2[nH]c(C)c(CN3CCCCC3CC)c(=O)c2c1. The van der Waals surface area contributed by atoms with E-state index in [1.807, 2.05) is 13.8 Å². The van der Waals surface area contributed by atoms with Gasteiger partial charge in [0.2, 0.25) is 0 Å². The van der Waals surface area contributed by atoms with Crippen molar-refractivity contribution in [1.29, 1.82) is 0 Å². The molecule has 0 aliphatic carbocycles. The molecule has 1 unspecified atom stereocenters. The number of carbonyl (C=O) groups is 1. The average molecular weight is 370 g/mol. The summed E-state index contributed by atoms with van der Waals surface area (Å²) in [7, 11) is 0. The molecule has 27 heavy (non-hydrogen) atoms. The number of fused-ring (bicyclic) bond motifs is 1. The van der Waals surface area contributed by atoms with Crippen LogP contribution in [0.2, 0.25) is 0 Å². The van der Waals surface area contributed by atoms with Crippen molar-refractivity contribution < 1.29 is 9.53 Å². The highest BCUT2D eigenvalue weighted by molar-refractivity contribution is 5.94. The van der Waals surface area contributed by atoms with Crippen LogP contribution in [0.5, 0.6) is 0 Å². The van der Waals surface area contributed by atoms with Gasteiger partial charge in [0.1, 0.15) is 0 Å². The maximum atomic E-state index is 13.2. The molecule has 1 aliphatic heterocycles. The third-order valence-electron chi connectivity index (χ3n) is 5.57. The number of ether oxygens (including phenoxy) is 1. The molecular weight excluding hydrogens is 340 g/mol. The van der Waals surface area contributed by atoms with Gasteiger partial charge in [-0.25, -0.2) is 4.79 Å². The lowest BCUT2D eigenvalue weighted by atomic mass is 9.98. The van der Waals surface area contributed by atoms with Crippen LogP contribution in [0.4, 0.5) is 0 Å². The summed E-state index contributed by atoms with van der Waals surface area (Å²) in [6.45, 7) is 8.23. The van der Waals surface area contributed by atoms with Gasteiger partial charge in [-0.1, -0.05) is 20.3 Å². The molecule has 5 heteroatoms. The maximum absolute atomic E-state index is 13.2. The fourth-order valence-corrected chi connectivity index (χ4v) is 3.98. The van der Waals surface area contributed by atoms with Crippen LogP contribution in [0.25, 0.3) is 10.9 Å². The number of aryl methyl sites for hydroxylation is 1. The van der Waals surface area contributed by atoms with Crippen molar-refractivity contribution >= 4 is 16.9 Å². The van der Waals surface area contributed by atoms with Crippen molar-refractivity contribution in [3.05, 3.63) is 45.2 Å². The van der Waals surface area contributed by atoms with Crippen LogP contribution >= 0.6 is 0 Å². The van der Waals surface area contributed by atoms with Crippen molar-refractivity contribution in [2.45, 2.75) is 65.5 Å². The highest BCUT2D eigenvalue weighted by Gasteiger charge is 2.23. The third-order valence-corrected chi connectivity index (χ3v) is 5.57. The Labute approximate surface area is 160 Å². The number of hydrogen-bond acceptors (Lipinski definition) is 4. The molecule has 146 valence electrons. The Bertz CT molecular complexity index is 872. The van der Waals surface area contributed by atoms with E-state index in [1.54, 1.807) is 18.2 Å². The molecule has 1 fully saturated rings.